The molecule has 1 atom stereocenters. The Hall–Kier alpha value is -1.55. The highest BCUT2D eigenvalue weighted by Gasteiger charge is 2.30. The minimum atomic E-state index is 0.238. The van der Waals surface area contributed by atoms with Gasteiger partial charge in [0.05, 0.1) is 7.11 Å². The number of rotatable bonds is 4. The molecule has 2 heterocycles. The average Bonchev–Trinajstić information content (AvgIpc) is 2.62. The lowest BCUT2D eigenvalue weighted by Crippen LogP contribution is -2.45. The van der Waals surface area contributed by atoms with E-state index in [0.29, 0.717) is 11.8 Å². The number of hydrogen-bond donors (Lipinski definition) is 0. The molecule has 4 nitrogen and oxygen atoms in total. The molecule has 4 heteroatoms. The molecule has 0 radical (unpaired) electrons. The van der Waals surface area contributed by atoms with Crippen LogP contribution in [-0.2, 0) is 11.3 Å². The fraction of sp³-hybridized carbons (Fsp3) is 0.650. The summed E-state index contributed by atoms with van der Waals surface area (Å²) in [6.07, 6.45) is 4.44. The normalized spacial score (nSPS) is 23.2. The lowest BCUT2D eigenvalue weighted by Gasteiger charge is -2.37. The van der Waals surface area contributed by atoms with Gasteiger partial charge in [0, 0.05) is 25.6 Å². The van der Waals surface area contributed by atoms with Gasteiger partial charge < -0.3 is 9.64 Å². The summed E-state index contributed by atoms with van der Waals surface area (Å²) in [5.74, 6) is 2.21. The van der Waals surface area contributed by atoms with Crippen molar-refractivity contribution in [2.75, 3.05) is 33.3 Å². The number of carbonyl (C=O) groups is 1. The summed E-state index contributed by atoms with van der Waals surface area (Å²) in [7, 11) is 1.69. The van der Waals surface area contributed by atoms with Gasteiger partial charge in [-0.05, 0) is 62.4 Å². The molecule has 3 rings (SSSR count). The van der Waals surface area contributed by atoms with Crippen molar-refractivity contribution >= 4 is 5.91 Å². The summed E-state index contributed by atoms with van der Waals surface area (Å²) in [6, 6.07) is 8.29. The number of likely N-dealkylation sites (tertiary alicyclic amines) is 2. The average molecular weight is 330 g/mol. The lowest BCUT2D eigenvalue weighted by molar-refractivity contribution is -0.138. The van der Waals surface area contributed by atoms with Crippen LogP contribution >= 0.6 is 0 Å². The van der Waals surface area contributed by atoms with Crippen molar-refractivity contribution in [2.45, 2.75) is 39.2 Å². The number of nitrogens with zero attached hydrogens (tertiary/aromatic N) is 2. The Morgan fingerprint density at radius 2 is 1.83 bits per heavy atom. The molecule has 0 bridgehead atoms. The van der Waals surface area contributed by atoms with Crippen molar-refractivity contribution in [3.63, 3.8) is 0 Å². The zero-order chi connectivity index (χ0) is 16.9. The topological polar surface area (TPSA) is 32.8 Å². The van der Waals surface area contributed by atoms with Gasteiger partial charge in [0.15, 0.2) is 0 Å². The quantitative estimate of drug-likeness (QED) is 0.850. The predicted molar refractivity (Wildman–Crippen MR) is 96.0 cm³/mol. The van der Waals surface area contributed by atoms with Crippen LogP contribution in [0.1, 0.15) is 38.2 Å². The monoisotopic (exact) mass is 330 g/mol. The van der Waals surface area contributed by atoms with Crippen molar-refractivity contribution < 1.29 is 9.53 Å². The van der Waals surface area contributed by atoms with Crippen molar-refractivity contribution in [2.24, 2.45) is 11.8 Å². The second-order valence-electron chi connectivity index (χ2n) is 7.43. The molecule has 2 fully saturated rings. The molecular weight excluding hydrogens is 300 g/mol. The van der Waals surface area contributed by atoms with Gasteiger partial charge in [0.1, 0.15) is 5.75 Å². The molecule has 0 spiro atoms. The van der Waals surface area contributed by atoms with E-state index in [4.69, 9.17) is 4.74 Å². The summed E-state index contributed by atoms with van der Waals surface area (Å²) in [5, 5.41) is 0. The van der Waals surface area contributed by atoms with Crippen molar-refractivity contribution in [1.82, 2.24) is 9.80 Å². The first-order valence-electron chi connectivity index (χ1n) is 9.30. The van der Waals surface area contributed by atoms with Gasteiger partial charge in [0.2, 0.25) is 5.91 Å². The number of amides is 1. The standard InChI is InChI=1S/C20H30N2O2/c1-16-4-3-11-22(14-16)20(23)18-9-12-21(13-10-18)15-17-5-7-19(24-2)8-6-17/h5-8,16,18H,3-4,9-15H2,1-2H3. The summed E-state index contributed by atoms with van der Waals surface area (Å²) < 4.78 is 5.21. The van der Waals surface area contributed by atoms with Crippen LogP contribution in [0.2, 0.25) is 0 Å². The van der Waals surface area contributed by atoms with Gasteiger partial charge >= 0.3 is 0 Å². The first-order chi connectivity index (χ1) is 11.7. The number of hydrogen-bond acceptors (Lipinski definition) is 3. The van der Waals surface area contributed by atoms with Gasteiger partial charge in [-0.2, -0.15) is 0 Å². The van der Waals surface area contributed by atoms with E-state index in [-0.39, 0.29) is 5.92 Å². The van der Waals surface area contributed by atoms with E-state index in [0.717, 1.165) is 51.3 Å². The first kappa shape index (κ1) is 17.3. The Balaban J connectivity index is 1.47. The molecule has 0 aliphatic carbocycles. The molecule has 24 heavy (non-hydrogen) atoms. The molecule has 132 valence electrons. The number of benzene rings is 1. The van der Waals surface area contributed by atoms with Crippen LogP contribution in [0.4, 0.5) is 0 Å². The molecule has 0 N–H and O–H groups in total. The van der Waals surface area contributed by atoms with Crippen LogP contribution in [0.15, 0.2) is 24.3 Å². The van der Waals surface area contributed by atoms with E-state index in [1.165, 1.54) is 18.4 Å². The second kappa shape index (κ2) is 8.02. The summed E-state index contributed by atoms with van der Waals surface area (Å²) in [5.41, 5.74) is 1.31. The van der Waals surface area contributed by atoms with Crippen LogP contribution in [0.25, 0.3) is 0 Å². The number of ether oxygens (including phenoxy) is 1. The van der Waals surface area contributed by atoms with Crippen LogP contribution in [0.5, 0.6) is 5.75 Å². The van der Waals surface area contributed by atoms with E-state index in [1.54, 1.807) is 7.11 Å². The third-order valence-corrected chi connectivity index (χ3v) is 5.47. The third-order valence-electron chi connectivity index (χ3n) is 5.47. The minimum absolute atomic E-state index is 0.238. The molecule has 0 saturated carbocycles. The molecule has 2 aliphatic heterocycles. The van der Waals surface area contributed by atoms with Crippen molar-refractivity contribution in [3.8, 4) is 5.75 Å². The van der Waals surface area contributed by atoms with Gasteiger partial charge in [-0.3, -0.25) is 9.69 Å². The molecule has 0 aromatic heterocycles. The van der Waals surface area contributed by atoms with Crippen LogP contribution in [0, 0.1) is 11.8 Å². The van der Waals surface area contributed by atoms with Gasteiger partial charge in [-0.25, -0.2) is 0 Å². The maximum Gasteiger partial charge on any atom is 0.225 e. The maximum absolute atomic E-state index is 12.7. The van der Waals surface area contributed by atoms with Gasteiger partial charge in [-0.15, -0.1) is 0 Å². The zero-order valence-corrected chi connectivity index (χ0v) is 15.0. The highest BCUT2D eigenvalue weighted by Crippen LogP contribution is 2.24. The number of piperidine rings is 2. The Labute approximate surface area is 145 Å². The third kappa shape index (κ3) is 4.29. The lowest BCUT2D eigenvalue weighted by atomic mass is 9.92. The second-order valence-corrected chi connectivity index (χ2v) is 7.43. The van der Waals surface area contributed by atoms with Crippen LogP contribution in [0.3, 0.4) is 0 Å². The highest BCUT2D eigenvalue weighted by atomic mass is 16.5. The maximum atomic E-state index is 12.7. The van der Waals surface area contributed by atoms with Gasteiger partial charge in [0.25, 0.3) is 0 Å². The largest absolute Gasteiger partial charge is 0.497 e. The van der Waals surface area contributed by atoms with E-state index in [2.05, 4.69) is 28.9 Å². The van der Waals surface area contributed by atoms with Crippen LogP contribution in [-0.4, -0.2) is 49.0 Å². The van der Waals surface area contributed by atoms with Gasteiger partial charge in [-0.1, -0.05) is 19.1 Å². The van der Waals surface area contributed by atoms with E-state index in [9.17, 15) is 4.79 Å². The fourth-order valence-electron chi connectivity index (χ4n) is 3.97. The smallest absolute Gasteiger partial charge is 0.225 e. The van der Waals surface area contributed by atoms with Crippen molar-refractivity contribution in [3.05, 3.63) is 29.8 Å². The van der Waals surface area contributed by atoms with E-state index in [1.807, 2.05) is 12.1 Å². The number of carbonyl (C=O) groups excluding carboxylic acids is 1. The SMILES string of the molecule is COc1ccc(CN2CCC(C(=O)N3CCCC(C)C3)CC2)cc1. The molecule has 2 saturated heterocycles. The van der Waals surface area contributed by atoms with E-state index < -0.39 is 0 Å². The zero-order valence-electron chi connectivity index (χ0n) is 15.0. The fourth-order valence-corrected chi connectivity index (χ4v) is 3.97. The molecule has 1 aromatic carbocycles. The summed E-state index contributed by atoms with van der Waals surface area (Å²) >= 11 is 0. The predicted octanol–water partition coefficient (Wildman–Crippen LogP) is 3.17. The molecule has 1 amide bonds. The van der Waals surface area contributed by atoms with Crippen LogP contribution < -0.4 is 4.74 Å². The summed E-state index contributed by atoms with van der Waals surface area (Å²) in [6.45, 7) is 7.19. The van der Waals surface area contributed by atoms with Crippen molar-refractivity contribution in [1.29, 1.82) is 0 Å². The Kier molecular flexibility index (Phi) is 5.77. The minimum Gasteiger partial charge on any atom is -0.497 e. The number of methoxy groups -OCH3 is 1. The first-order valence-corrected chi connectivity index (χ1v) is 9.30. The Morgan fingerprint density at radius 1 is 1.12 bits per heavy atom. The van der Waals surface area contributed by atoms with E-state index >= 15 is 0 Å². The Morgan fingerprint density at radius 3 is 2.46 bits per heavy atom. The highest BCUT2D eigenvalue weighted by molar-refractivity contribution is 5.79. The molecule has 2 aliphatic rings. The molecule has 1 aromatic rings. The molecular formula is C20H30N2O2. The summed E-state index contributed by atoms with van der Waals surface area (Å²) in [4.78, 5) is 17.3. The molecule has 1 unspecified atom stereocenters. The Bertz CT molecular complexity index is 535.